The molecule has 2 aliphatic rings. The molecule has 0 fully saturated rings. The maximum Gasteiger partial charge on any atom is 0.240 e. The Bertz CT molecular complexity index is 1070. The van der Waals surface area contributed by atoms with Crippen molar-refractivity contribution in [2.75, 3.05) is 10.6 Å². The molecule has 3 heterocycles. The number of para-hydroxylation sites is 1. The van der Waals surface area contributed by atoms with Crippen molar-refractivity contribution >= 4 is 34.9 Å². The molecule has 2 aromatic carbocycles. The molecule has 2 amide bonds. The van der Waals surface area contributed by atoms with E-state index < -0.39 is 5.41 Å². The maximum absolute atomic E-state index is 13.0. The Morgan fingerprint density at radius 2 is 1.77 bits per heavy atom. The lowest BCUT2D eigenvalue weighted by Crippen LogP contribution is -2.43. The second kappa shape index (κ2) is 5.19. The summed E-state index contributed by atoms with van der Waals surface area (Å²) in [4.78, 5) is 25.5. The van der Waals surface area contributed by atoms with Crippen LogP contribution in [0.25, 0.3) is 5.69 Å². The van der Waals surface area contributed by atoms with E-state index in [0.29, 0.717) is 16.4 Å². The fourth-order valence-electron chi connectivity index (χ4n) is 3.83. The Kier molecular flexibility index (Phi) is 3.02. The van der Waals surface area contributed by atoms with E-state index in [-0.39, 0.29) is 18.2 Å². The molecule has 5 rings (SSSR count). The van der Waals surface area contributed by atoms with E-state index >= 15 is 0 Å². The Morgan fingerprint density at radius 3 is 2.58 bits per heavy atom. The summed E-state index contributed by atoms with van der Waals surface area (Å²) < 4.78 is 1.62. The molecule has 1 aromatic heterocycles. The molecule has 3 aromatic rings. The van der Waals surface area contributed by atoms with Crippen LogP contribution in [0.3, 0.4) is 0 Å². The number of amides is 2. The minimum Gasteiger partial charge on any atom is -0.325 e. The van der Waals surface area contributed by atoms with Crippen molar-refractivity contribution in [2.45, 2.75) is 11.8 Å². The molecule has 0 saturated heterocycles. The predicted molar refractivity (Wildman–Crippen MR) is 97.7 cm³/mol. The highest BCUT2D eigenvalue weighted by molar-refractivity contribution is 6.30. The van der Waals surface area contributed by atoms with E-state index in [1.807, 2.05) is 36.4 Å². The van der Waals surface area contributed by atoms with E-state index in [2.05, 4.69) is 15.7 Å². The highest BCUT2D eigenvalue weighted by atomic mass is 35.5. The number of hydrogen-bond acceptors (Lipinski definition) is 3. The molecule has 2 N–H and O–H groups in total. The second-order valence-corrected chi connectivity index (χ2v) is 6.86. The first-order valence-corrected chi connectivity index (χ1v) is 8.53. The molecule has 2 aliphatic heterocycles. The summed E-state index contributed by atoms with van der Waals surface area (Å²) in [5, 5.41) is 10.8. The van der Waals surface area contributed by atoms with Crippen LogP contribution in [0, 0.1) is 0 Å². The largest absolute Gasteiger partial charge is 0.325 e. The minimum atomic E-state index is -1.06. The summed E-state index contributed by atoms with van der Waals surface area (Å²) in [5.74, 6) is 0.0842. The third kappa shape index (κ3) is 1.90. The van der Waals surface area contributed by atoms with Gasteiger partial charge in [-0.1, -0.05) is 29.8 Å². The molecule has 1 unspecified atom stereocenters. The summed E-state index contributed by atoms with van der Waals surface area (Å²) in [5.41, 5.74) is 1.92. The topological polar surface area (TPSA) is 76.0 Å². The standard InChI is InChI=1S/C19H13ClN4O2/c20-11-5-7-12(8-6-11)24-17-14(10-21-24)19(9-16(25)23-17)13-3-1-2-4-15(13)22-18(19)26/h1-8,10H,9H2,(H,22,26)(H,23,25). The van der Waals surface area contributed by atoms with Crippen LogP contribution in [0.5, 0.6) is 0 Å². The average Bonchev–Trinajstić information content (AvgIpc) is 3.16. The van der Waals surface area contributed by atoms with Gasteiger partial charge < -0.3 is 10.6 Å². The number of halogens is 1. The molecule has 0 aliphatic carbocycles. The number of nitrogens with one attached hydrogen (secondary N) is 2. The number of aromatic nitrogens is 2. The van der Waals surface area contributed by atoms with Crippen molar-refractivity contribution in [3.05, 3.63) is 70.9 Å². The molecule has 7 heteroatoms. The Morgan fingerprint density at radius 1 is 1.00 bits per heavy atom. The summed E-state index contributed by atoms with van der Waals surface area (Å²) >= 11 is 5.96. The van der Waals surface area contributed by atoms with Gasteiger partial charge in [0.15, 0.2) is 0 Å². The number of carbonyl (C=O) groups is 2. The number of carbonyl (C=O) groups excluding carboxylic acids is 2. The molecule has 0 saturated carbocycles. The van der Waals surface area contributed by atoms with Crippen molar-refractivity contribution < 1.29 is 9.59 Å². The Labute approximate surface area is 153 Å². The molecule has 6 nitrogen and oxygen atoms in total. The van der Waals surface area contributed by atoms with Gasteiger partial charge in [0.1, 0.15) is 11.2 Å². The zero-order chi connectivity index (χ0) is 17.9. The summed E-state index contributed by atoms with van der Waals surface area (Å²) in [6.45, 7) is 0. The van der Waals surface area contributed by atoms with E-state index in [9.17, 15) is 9.59 Å². The van der Waals surface area contributed by atoms with Gasteiger partial charge in [0, 0.05) is 22.7 Å². The first kappa shape index (κ1) is 15.2. The average molecular weight is 365 g/mol. The van der Waals surface area contributed by atoms with E-state index in [0.717, 1.165) is 16.9 Å². The van der Waals surface area contributed by atoms with Crippen LogP contribution in [0.15, 0.2) is 54.7 Å². The van der Waals surface area contributed by atoms with Gasteiger partial charge in [-0.05, 0) is 35.9 Å². The van der Waals surface area contributed by atoms with Crippen molar-refractivity contribution in [3.63, 3.8) is 0 Å². The van der Waals surface area contributed by atoms with Crippen molar-refractivity contribution in [2.24, 2.45) is 0 Å². The number of rotatable bonds is 1. The molecule has 128 valence electrons. The second-order valence-electron chi connectivity index (χ2n) is 6.43. The predicted octanol–water partition coefficient (Wildman–Crippen LogP) is 3.11. The molecular weight excluding hydrogens is 352 g/mol. The lowest BCUT2D eigenvalue weighted by molar-refractivity contribution is -0.125. The van der Waals surface area contributed by atoms with E-state index in [1.54, 1.807) is 23.0 Å². The van der Waals surface area contributed by atoms with Gasteiger partial charge in [-0.2, -0.15) is 5.10 Å². The highest BCUT2D eigenvalue weighted by Crippen LogP contribution is 2.49. The van der Waals surface area contributed by atoms with Crippen LogP contribution in [-0.4, -0.2) is 21.6 Å². The molecule has 1 spiro atoms. The first-order chi connectivity index (χ1) is 12.6. The van der Waals surface area contributed by atoms with E-state index in [4.69, 9.17) is 11.6 Å². The number of hydrogen-bond donors (Lipinski definition) is 2. The number of nitrogens with zero attached hydrogens (tertiary/aromatic N) is 2. The molecule has 1 atom stereocenters. The first-order valence-electron chi connectivity index (χ1n) is 8.15. The van der Waals surface area contributed by atoms with Gasteiger partial charge in [0.05, 0.1) is 11.9 Å². The third-order valence-electron chi connectivity index (χ3n) is 5.01. The van der Waals surface area contributed by atoms with E-state index in [1.165, 1.54) is 0 Å². The van der Waals surface area contributed by atoms with Crippen LogP contribution >= 0.6 is 11.6 Å². The fraction of sp³-hybridized carbons (Fsp3) is 0.105. The number of fused-ring (bicyclic) bond motifs is 4. The summed E-state index contributed by atoms with van der Waals surface area (Å²) in [7, 11) is 0. The van der Waals surface area contributed by atoms with Crippen LogP contribution in [0.1, 0.15) is 17.5 Å². The SMILES string of the molecule is O=C1CC2(C(=O)Nc3ccccc32)c2cnn(-c3ccc(Cl)cc3)c2N1. The minimum absolute atomic E-state index is 0.0508. The maximum atomic E-state index is 13.0. The lowest BCUT2D eigenvalue weighted by Gasteiger charge is -2.31. The van der Waals surface area contributed by atoms with Gasteiger partial charge in [-0.3, -0.25) is 9.59 Å². The van der Waals surface area contributed by atoms with Gasteiger partial charge >= 0.3 is 0 Å². The molecule has 26 heavy (non-hydrogen) atoms. The van der Waals surface area contributed by atoms with Crippen LogP contribution < -0.4 is 10.6 Å². The van der Waals surface area contributed by atoms with Crippen LogP contribution in [0.2, 0.25) is 5.02 Å². The number of benzene rings is 2. The normalized spacial score (nSPS) is 20.5. The van der Waals surface area contributed by atoms with Crippen molar-refractivity contribution in [3.8, 4) is 5.69 Å². The molecular formula is C19H13ClN4O2. The third-order valence-corrected chi connectivity index (χ3v) is 5.26. The number of anilines is 2. The summed E-state index contributed by atoms with van der Waals surface area (Å²) in [6.07, 6.45) is 1.71. The lowest BCUT2D eigenvalue weighted by atomic mass is 9.72. The smallest absolute Gasteiger partial charge is 0.240 e. The Hall–Kier alpha value is -3.12. The van der Waals surface area contributed by atoms with Crippen molar-refractivity contribution in [1.82, 2.24) is 9.78 Å². The zero-order valence-electron chi connectivity index (χ0n) is 13.5. The van der Waals surface area contributed by atoms with Crippen LogP contribution in [-0.2, 0) is 15.0 Å². The van der Waals surface area contributed by atoms with Gasteiger partial charge in [-0.25, -0.2) is 4.68 Å². The monoisotopic (exact) mass is 364 g/mol. The molecule has 0 radical (unpaired) electrons. The van der Waals surface area contributed by atoms with Crippen molar-refractivity contribution in [1.29, 1.82) is 0 Å². The molecule has 0 bridgehead atoms. The Balaban J connectivity index is 1.75. The zero-order valence-corrected chi connectivity index (χ0v) is 14.2. The van der Waals surface area contributed by atoms with Crippen LogP contribution in [0.4, 0.5) is 11.5 Å². The van der Waals surface area contributed by atoms with Gasteiger partial charge in [-0.15, -0.1) is 0 Å². The quantitative estimate of drug-likeness (QED) is 0.696. The van der Waals surface area contributed by atoms with Gasteiger partial charge in [0.2, 0.25) is 11.8 Å². The fourth-order valence-corrected chi connectivity index (χ4v) is 3.96. The van der Waals surface area contributed by atoms with Gasteiger partial charge in [0.25, 0.3) is 0 Å². The highest BCUT2D eigenvalue weighted by Gasteiger charge is 2.54. The summed E-state index contributed by atoms with van der Waals surface area (Å²) in [6, 6.07) is 14.6.